The summed E-state index contributed by atoms with van der Waals surface area (Å²) >= 11 is 0. The summed E-state index contributed by atoms with van der Waals surface area (Å²) in [7, 11) is -2.97. The summed E-state index contributed by atoms with van der Waals surface area (Å²) < 4.78 is 36.6. The first-order valence-electron chi connectivity index (χ1n) is 7.15. The van der Waals surface area contributed by atoms with E-state index in [0.29, 0.717) is 19.4 Å². The molecule has 5 heteroatoms. The Balaban J connectivity index is 2.72. The Morgan fingerprint density at radius 2 is 1.80 bits per heavy atom. The Kier molecular flexibility index (Phi) is 7.16. The zero-order valence-corrected chi connectivity index (χ0v) is 13.0. The smallest absolute Gasteiger partial charge is 0.150 e. The van der Waals surface area contributed by atoms with Gasteiger partial charge in [-0.15, -0.1) is 0 Å². The third kappa shape index (κ3) is 6.01. The van der Waals surface area contributed by atoms with Gasteiger partial charge in [-0.25, -0.2) is 12.8 Å². The first-order valence-corrected chi connectivity index (χ1v) is 8.97. The minimum atomic E-state index is -2.97. The lowest BCUT2D eigenvalue weighted by atomic mass is 9.96. The minimum Gasteiger partial charge on any atom is -0.316 e. The number of hydrogen-bond donors (Lipinski definition) is 1. The van der Waals surface area contributed by atoms with Crippen molar-refractivity contribution >= 4 is 9.84 Å². The predicted molar refractivity (Wildman–Crippen MR) is 81.2 cm³/mol. The fourth-order valence-electron chi connectivity index (χ4n) is 2.17. The third-order valence-corrected chi connectivity index (χ3v) is 5.16. The molecule has 0 radical (unpaired) electrons. The number of hydrogen-bond acceptors (Lipinski definition) is 3. The zero-order chi connectivity index (χ0) is 15.0. The molecular formula is C15H24FNO2S. The summed E-state index contributed by atoms with van der Waals surface area (Å²) in [6.45, 7) is 5.42. The number of rotatable bonds is 9. The van der Waals surface area contributed by atoms with Crippen LogP contribution in [0.5, 0.6) is 0 Å². The molecule has 0 aromatic heterocycles. The summed E-state index contributed by atoms with van der Waals surface area (Å²) in [5.41, 5.74) is 0.985. The highest BCUT2D eigenvalue weighted by atomic mass is 32.2. The minimum absolute atomic E-state index is 0.0992. The van der Waals surface area contributed by atoms with Crippen molar-refractivity contribution < 1.29 is 12.8 Å². The van der Waals surface area contributed by atoms with Gasteiger partial charge in [-0.2, -0.15) is 0 Å². The van der Waals surface area contributed by atoms with Crippen LogP contribution in [0.1, 0.15) is 38.2 Å². The molecule has 1 atom stereocenters. The van der Waals surface area contributed by atoms with Crippen LogP contribution >= 0.6 is 0 Å². The monoisotopic (exact) mass is 301 g/mol. The lowest BCUT2D eigenvalue weighted by Crippen LogP contribution is -2.23. The number of nitrogens with one attached hydrogen (secondary N) is 1. The van der Waals surface area contributed by atoms with Crippen molar-refractivity contribution in [3.05, 3.63) is 35.6 Å². The maximum atomic E-state index is 13.0. The normalized spacial score (nSPS) is 13.3. The van der Waals surface area contributed by atoms with Crippen LogP contribution in [0, 0.1) is 5.82 Å². The quantitative estimate of drug-likeness (QED) is 0.763. The molecule has 0 aliphatic heterocycles. The van der Waals surface area contributed by atoms with Crippen molar-refractivity contribution in [2.24, 2.45) is 0 Å². The van der Waals surface area contributed by atoms with E-state index in [4.69, 9.17) is 0 Å². The van der Waals surface area contributed by atoms with Crippen molar-refractivity contribution in [3.63, 3.8) is 0 Å². The van der Waals surface area contributed by atoms with Crippen LogP contribution in [0.25, 0.3) is 0 Å². The van der Waals surface area contributed by atoms with Gasteiger partial charge in [0, 0.05) is 12.3 Å². The Morgan fingerprint density at radius 1 is 1.15 bits per heavy atom. The largest absolute Gasteiger partial charge is 0.316 e. The van der Waals surface area contributed by atoms with Gasteiger partial charge in [0.25, 0.3) is 0 Å². The third-order valence-electron chi connectivity index (χ3n) is 3.27. The molecule has 1 N–H and O–H groups in total. The van der Waals surface area contributed by atoms with E-state index in [9.17, 15) is 12.8 Å². The second-order valence-electron chi connectivity index (χ2n) is 5.00. The average Bonchev–Trinajstić information content (AvgIpc) is 2.40. The molecular weight excluding hydrogens is 277 g/mol. The standard InChI is InChI=1S/C15H24FNO2S/c1-3-10-20(18,19)11-9-14(12-17-4-2)13-5-7-15(16)8-6-13/h5-8,14,17H,3-4,9-12H2,1-2H3. The summed E-state index contributed by atoms with van der Waals surface area (Å²) in [5, 5.41) is 3.24. The van der Waals surface area contributed by atoms with E-state index in [-0.39, 0.29) is 23.2 Å². The SMILES string of the molecule is CCCS(=O)(=O)CCC(CNCC)c1ccc(F)cc1. The predicted octanol–water partition coefficient (Wildman–Crippen LogP) is 2.73. The number of benzene rings is 1. The van der Waals surface area contributed by atoms with E-state index >= 15 is 0 Å². The molecule has 0 heterocycles. The average molecular weight is 301 g/mol. The van der Waals surface area contributed by atoms with Gasteiger partial charge in [-0.3, -0.25) is 0 Å². The first kappa shape index (κ1) is 17.1. The molecule has 1 unspecified atom stereocenters. The van der Waals surface area contributed by atoms with Gasteiger partial charge >= 0.3 is 0 Å². The first-order chi connectivity index (χ1) is 9.48. The highest BCUT2D eigenvalue weighted by molar-refractivity contribution is 7.91. The van der Waals surface area contributed by atoms with Crippen LogP contribution in [0.2, 0.25) is 0 Å². The van der Waals surface area contributed by atoms with Crippen LogP contribution in [0.15, 0.2) is 24.3 Å². The molecule has 0 fully saturated rings. The Labute approximate surface area is 121 Å². The molecule has 3 nitrogen and oxygen atoms in total. The second kappa shape index (κ2) is 8.37. The van der Waals surface area contributed by atoms with Crippen molar-refractivity contribution in [2.75, 3.05) is 24.6 Å². The van der Waals surface area contributed by atoms with Crippen molar-refractivity contribution in [3.8, 4) is 0 Å². The van der Waals surface area contributed by atoms with Crippen molar-refractivity contribution in [2.45, 2.75) is 32.6 Å². The van der Waals surface area contributed by atoms with E-state index in [0.717, 1.165) is 12.1 Å². The lowest BCUT2D eigenvalue weighted by molar-refractivity contribution is 0.561. The van der Waals surface area contributed by atoms with E-state index in [1.165, 1.54) is 12.1 Å². The van der Waals surface area contributed by atoms with Crippen LogP contribution in [0.4, 0.5) is 4.39 Å². The highest BCUT2D eigenvalue weighted by Crippen LogP contribution is 2.20. The number of sulfone groups is 1. The summed E-state index contributed by atoms with van der Waals surface area (Å²) in [4.78, 5) is 0. The summed E-state index contributed by atoms with van der Waals surface area (Å²) in [6, 6.07) is 6.33. The van der Waals surface area contributed by atoms with Crippen LogP contribution < -0.4 is 5.32 Å². The lowest BCUT2D eigenvalue weighted by Gasteiger charge is -2.18. The van der Waals surface area contributed by atoms with Gasteiger partial charge in [0.2, 0.25) is 0 Å². The van der Waals surface area contributed by atoms with Crippen LogP contribution in [0.3, 0.4) is 0 Å². The van der Waals surface area contributed by atoms with Gasteiger partial charge in [0.05, 0.1) is 5.75 Å². The molecule has 1 aromatic rings. The molecule has 114 valence electrons. The molecule has 0 saturated heterocycles. The molecule has 0 saturated carbocycles. The van der Waals surface area contributed by atoms with Crippen molar-refractivity contribution in [1.29, 1.82) is 0 Å². The summed E-state index contributed by atoms with van der Waals surface area (Å²) in [5.74, 6) is 0.259. The fourth-order valence-corrected chi connectivity index (χ4v) is 3.64. The molecule has 0 bridgehead atoms. The molecule has 1 aromatic carbocycles. The topological polar surface area (TPSA) is 46.2 Å². The van der Waals surface area contributed by atoms with Gasteiger partial charge in [-0.05, 0) is 43.0 Å². The van der Waals surface area contributed by atoms with Gasteiger partial charge in [0.1, 0.15) is 15.7 Å². The van der Waals surface area contributed by atoms with Crippen LogP contribution in [-0.2, 0) is 9.84 Å². The maximum Gasteiger partial charge on any atom is 0.150 e. The second-order valence-corrected chi connectivity index (χ2v) is 7.30. The summed E-state index contributed by atoms with van der Waals surface area (Å²) in [6.07, 6.45) is 1.22. The van der Waals surface area contributed by atoms with Gasteiger partial charge < -0.3 is 5.32 Å². The number of halogens is 1. The molecule has 20 heavy (non-hydrogen) atoms. The highest BCUT2D eigenvalue weighted by Gasteiger charge is 2.16. The zero-order valence-electron chi connectivity index (χ0n) is 12.2. The molecule has 0 aliphatic carbocycles. The maximum absolute atomic E-state index is 13.0. The molecule has 0 amide bonds. The Hall–Kier alpha value is -0.940. The van der Waals surface area contributed by atoms with E-state index in [1.54, 1.807) is 12.1 Å². The van der Waals surface area contributed by atoms with E-state index in [2.05, 4.69) is 5.32 Å². The van der Waals surface area contributed by atoms with Gasteiger partial charge in [0.15, 0.2) is 0 Å². The molecule has 0 spiro atoms. The fraction of sp³-hybridized carbons (Fsp3) is 0.600. The van der Waals surface area contributed by atoms with E-state index in [1.807, 2.05) is 13.8 Å². The van der Waals surface area contributed by atoms with Crippen molar-refractivity contribution in [1.82, 2.24) is 5.32 Å². The molecule has 1 rings (SSSR count). The Bertz CT molecular complexity index is 485. The molecule has 0 aliphatic rings. The Morgan fingerprint density at radius 3 is 2.35 bits per heavy atom. The van der Waals surface area contributed by atoms with Gasteiger partial charge in [-0.1, -0.05) is 26.0 Å². The number of likely N-dealkylation sites (N-methyl/N-ethyl adjacent to an activating group) is 1. The van der Waals surface area contributed by atoms with Crippen LogP contribution in [-0.4, -0.2) is 33.0 Å². The van der Waals surface area contributed by atoms with E-state index < -0.39 is 9.84 Å².